The topological polar surface area (TPSA) is 34.2 Å². The van der Waals surface area contributed by atoms with E-state index in [1.54, 1.807) is 21.3 Å². The fraction of sp³-hybridized carbons (Fsp3) is 0.455. The van der Waals surface area contributed by atoms with Crippen molar-refractivity contribution in [3.63, 3.8) is 0 Å². The van der Waals surface area contributed by atoms with Crippen molar-refractivity contribution in [1.29, 1.82) is 0 Å². The van der Waals surface area contributed by atoms with Crippen LogP contribution in [0.15, 0.2) is 36.4 Å². The van der Waals surface area contributed by atoms with Crippen molar-refractivity contribution >= 4 is 0 Å². The van der Waals surface area contributed by atoms with Gasteiger partial charge in [-0.1, -0.05) is 23.8 Å². The van der Waals surface area contributed by atoms with Crippen LogP contribution in [-0.2, 0) is 13.1 Å². The van der Waals surface area contributed by atoms with Gasteiger partial charge in [0.15, 0.2) is 11.5 Å². The molecule has 27 heavy (non-hydrogen) atoms. The normalized spacial score (nSPS) is 15.6. The van der Waals surface area contributed by atoms with E-state index in [1.165, 1.54) is 16.7 Å². The van der Waals surface area contributed by atoms with Gasteiger partial charge in [0.05, 0.1) is 21.3 Å². The fourth-order valence-corrected chi connectivity index (χ4v) is 3.61. The Labute approximate surface area is 162 Å². The number of nitrogens with zero attached hydrogens (tertiary/aromatic N) is 2. The summed E-state index contributed by atoms with van der Waals surface area (Å²) >= 11 is 0. The molecule has 0 aliphatic carbocycles. The maximum absolute atomic E-state index is 5.52. The second-order valence-electron chi connectivity index (χ2n) is 7.06. The number of benzene rings is 2. The van der Waals surface area contributed by atoms with Gasteiger partial charge in [0.25, 0.3) is 0 Å². The van der Waals surface area contributed by atoms with Gasteiger partial charge in [-0.2, -0.15) is 0 Å². The van der Waals surface area contributed by atoms with Crippen molar-refractivity contribution in [3.8, 4) is 17.2 Å². The van der Waals surface area contributed by atoms with E-state index < -0.39 is 0 Å². The number of hydrogen-bond acceptors (Lipinski definition) is 5. The quantitative estimate of drug-likeness (QED) is 0.747. The summed E-state index contributed by atoms with van der Waals surface area (Å²) in [5.41, 5.74) is 3.80. The highest BCUT2D eigenvalue weighted by Crippen LogP contribution is 2.28. The third kappa shape index (κ3) is 4.93. The van der Waals surface area contributed by atoms with E-state index >= 15 is 0 Å². The Morgan fingerprint density at radius 2 is 1.30 bits per heavy atom. The van der Waals surface area contributed by atoms with Gasteiger partial charge in [-0.25, -0.2) is 0 Å². The van der Waals surface area contributed by atoms with Gasteiger partial charge in [0.2, 0.25) is 0 Å². The molecule has 2 aromatic carbocycles. The number of methoxy groups -OCH3 is 3. The molecular formula is C22H30N2O3. The van der Waals surface area contributed by atoms with Crippen molar-refractivity contribution in [2.24, 2.45) is 0 Å². The first-order valence-electron chi connectivity index (χ1n) is 9.42. The van der Waals surface area contributed by atoms with Gasteiger partial charge in [0.1, 0.15) is 5.75 Å². The van der Waals surface area contributed by atoms with Crippen LogP contribution in [0.2, 0.25) is 0 Å². The number of aryl methyl sites for hydroxylation is 1. The van der Waals surface area contributed by atoms with E-state index in [-0.39, 0.29) is 0 Å². The zero-order valence-corrected chi connectivity index (χ0v) is 16.8. The van der Waals surface area contributed by atoms with Crippen LogP contribution >= 0.6 is 0 Å². The minimum absolute atomic E-state index is 0.776. The third-order valence-electron chi connectivity index (χ3n) is 5.15. The van der Waals surface area contributed by atoms with Crippen LogP contribution in [0.1, 0.15) is 16.7 Å². The van der Waals surface area contributed by atoms with Gasteiger partial charge in [0, 0.05) is 44.8 Å². The molecule has 0 bridgehead atoms. The molecule has 0 atom stereocenters. The zero-order chi connectivity index (χ0) is 19.2. The molecule has 1 fully saturated rings. The summed E-state index contributed by atoms with van der Waals surface area (Å²) in [7, 11) is 5.09. The Morgan fingerprint density at radius 1 is 0.704 bits per heavy atom. The van der Waals surface area contributed by atoms with Crippen LogP contribution in [-0.4, -0.2) is 57.3 Å². The highest BCUT2D eigenvalue weighted by molar-refractivity contribution is 5.43. The number of ether oxygens (including phenoxy) is 3. The van der Waals surface area contributed by atoms with E-state index in [9.17, 15) is 0 Å². The smallest absolute Gasteiger partial charge is 0.161 e. The lowest BCUT2D eigenvalue weighted by Crippen LogP contribution is -2.45. The molecule has 0 unspecified atom stereocenters. The minimum atomic E-state index is 0.776. The fourth-order valence-electron chi connectivity index (χ4n) is 3.61. The van der Waals surface area contributed by atoms with Gasteiger partial charge in [-0.3, -0.25) is 9.80 Å². The molecule has 1 aliphatic heterocycles. The monoisotopic (exact) mass is 370 g/mol. The maximum atomic E-state index is 5.52. The number of rotatable bonds is 7. The van der Waals surface area contributed by atoms with Gasteiger partial charge in [-0.15, -0.1) is 0 Å². The van der Waals surface area contributed by atoms with Gasteiger partial charge >= 0.3 is 0 Å². The van der Waals surface area contributed by atoms with E-state index in [0.717, 1.165) is 56.5 Å². The van der Waals surface area contributed by atoms with Crippen LogP contribution in [0.4, 0.5) is 0 Å². The molecule has 0 saturated carbocycles. The molecule has 2 aromatic rings. The van der Waals surface area contributed by atoms with Crippen LogP contribution in [0.3, 0.4) is 0 Å². The molecule has 146 valence electrons. The summed E-state index contributed by atoms with van der Waals surface area (Å²) in [5.74, 6) is 2.55. The second-order valence-corrected chi connectivity index (χ2v) is 7.06. The van der Waals surface area contributed by atoms with E-state index in [4.69, 9.17) is 14.2 Å². The first-order chi connectivity index (χ1) is 13.1. The molecule has 1 heterocycles. The molecule has 1 saturated heterocycles. The van der Waals surface area contributed by atoms with Crippen LogP contribution in [0, 0.1) is 6.92 Å². The average Bonchev–Trinajstić information content (AvgIpc) is 2.69. The standard InChI is InChI=1S/C22H30N2O3/c1-17-5-7-20(25-2)19(13-17)16-24-11-9-23(10-12-24)15-18-6-8-21(26-3)22(14-18)27-4/h5-8,13-14H,9-12,15-16H2,1-4H3. The lowest BCUT2D eigenvalue weighted by Gasteiger charge is -2.35. The maximum Gasteiger partial charge on any atom is 0.161 e. The number of hydrogen-bond donors (Lipinski definition) is 0. The van der Waals surface area contributed by atoms with Crippen LogP contribution in [0.5, 0.6) is 17.2 Å². The molecule has 0 radical (unpaired) electrons. The first kappa shape index (κ1) is 19.5. The second kappa shape index (κ2) is 9.11. The van der Waals surface area contributed by atoms with E-state index in [0.29, 0.717) is 0 Å². The van der Waals surface area contributed by atoms with E-state index in [2.05, 4.69) is 47.1 Å². The summed E-state index contributed by atoms with van der Waals surface area (Å²) in [6, 6.07) is 12.6. The molecule has 5 nitrogen and oxygen atoms in total. The van der Waals surface area contributed by atoms with Crippen molar-refractivity contribution < 1.29 is 14.2 Å². The van der Waals surface area contributed by atoms with E-state index in [1.807, 2.05) is 6.07 Å². The van der Waals surface area contributed by atoms with Crippen molar-refractivity contribution in [2.75, 3.05) is 47.5 Å². The average molecular weight is 370 g/mol. The lowest BCUT2D eigenvalue weighted by atomic mass is 10.1. The summed E-state index contributed by atoms with van der Waals surface area (Å²) in [6.45, 7) is 8.24. The largest absolute Gasteiger partial charge is 0.496 e. The highest BCUT2D eigenvalue weighted by atomic mass is 16.5. The van der Waals surface area contributed by atoms with Crippen LogP contribution in [0.25, 0.3) is 0 Å². The van der Waals surface area contributed by atoms with Crippen molar-refractivity contribution in [2.45, 2.75) is 20.0 Å². The Balaban J connectivity index is 1.56. The predicted molar refractivity (Wildman–Crippen MR) is 108 cm³/mol. The number of piperazine rings is 1. The third-order valence-corrected chi connectivity index (χ3v) is 5.15. The molecule has 0 aromatic heterocycles. The minimum Gasteiger partial charge on any atom is -0.496 e. The molecule has 5 heteroatoms. The summed E-state index contributed by atoms with van der Waals surface area (Å²) in [4.78, 5) is 4.99. The molecule has 3 rings (SSSR count). The SMILES string of the molecule is COc1ccc(C)cc1CN1CCN(Cc2ccc(OC)c(OC)c2)CC1. The van der Waals surface area contributed by atoms with Crippen molar-refractivity contribution in [1.82, 2.24) is 9.80 Å². The zero-order valence-electron chi connectivity index (χ0n) is 16.8. The predicted octanol–water partition coefficient (Wildman–Crippen LogP) is 3.34. The lowest BCUT2D eigenvalue weighted by molar-refractivity contribution is 0.121. The molecule has 0 spiro atoms. The van der Waals surface area contributed by atoms with Crippen LogP contribution < -0.4 is 14.2 Å². The van der Waals surface area contributed by atoms with Crippen molar-refractivity contribution in [3.05, 3.63) is 53.1 Å². The Kier molecular flexibility index (Phi) is 6.58. The van der Waals surface area contributed by atoms with Gasteiger partial charge < -0.3 is 14.2 Å². The molecule has 1 aliphatic rings. The first-order valence-corrected chi connectivity index (χ1v) is 9.42. The molecular weight excluding hydrogens is 340 g/mol. The Hall–Kier alpha value is -2.24. The summed E-state index contributed by atoms with van der Waals surface area (Å²) in [6.07, 6.45) is 0. The van der Waals surface area contributed by atoms with Gasteiger partial charge in [-0.05, 0) is 30.7 Å². The molecule has 0 amide bonds. The highest BCUT2D eigenvalue weighted by Gasteiger charge is 2.19. The molecule has 0 N–H and O–H groups in total. The summed E-state index contributed by atoms with van der Waals surface area (Å²) < 4.78 is 16.3. The Morgan fingerprint density at radius 3 is 1.93 bits per heavy atom. The Bertz CT molecular complexity index is 755. The summed E-state index contributed by atoms with van der Waals surface area (Å²) in [5, 5.41) is 0.